The van der Waals surface area contributed by atoms with Gasteiger partial charge in [0.05, 0.1) is 11.8 Å². The predicted molar refractivity (Wildman–Crippen MR) is 74.9 cm³/mol. The molecule has 2 rings (SSSR count). The Balaban J connectivity index is 2.29. The standard InChI is InChI=1S/C13H14F3N3O2S/c1-9(2)19-8-12(7-17-19)22(20,21)18-11-5-3-4-10(6-11)13(14,15)16/h3-9,18H,1-2H3. The number of nitrogens with one attached hydrogen (secondary N) is 1. The van der Waals surface area contributed by atoms with Gasteiger partial charge in [-0.2, -0.15) is 18.3 Å². The number of aromatic nitrogens is 2. The first kappa shape index (κ1) is 16.3. The zero-order valence-electron chi connectivity index (χ0n) is 11.8. The number of benzene rings is 1. The average Bonchev–Trinajstić information content (AvgIpc) is 2.88. The van der Waals surface area contributed by atoms with E-state index in [1.165, 1.54) is 16.9 Å². The molecular formula is C13H14F3N3O2S. The van der Waals surface area contributed by atoms with Crippen LogP contribution in [0.25, 0.3) is 0 Å². The van der Waals surface area contributed by atoms with E-state index in [2.05, 4.69) is 9.82 Å². The molecule has 0 spiro atoms. The second kappa shape index (κ2) is 5.64. The van der Waals surface area contributed by atoms with Crippen molar-refractivity contribution in [2.75, 3.05) is 4.72 Å². The fourth-order valence-electron chi connectivity index (χ4n) is 1.71. The summed E-state index contributed by atoms with van der Waals surface area (Å²) in [5.74, 6) is 0. The molecule has 9 heteroatoms. The van der Waals surface area contributed by atoms with Crippen molar-refractivity contribution in [1.82, 2.24) is 9.78 Å². The molecule has 0 atom stereocenters. The molecule has 1 aromatic carbocycles. The van der Waals surface area contributed by atoms with Crippen LogP contribution in [0.15, 0.2) is 41.6 Å². The predicted octanol–water partition coefficient (Wildman–Crippen LogP) is 3.28. The van der Waals surface area contributed by atoms with Gasteiger partial charge in [0.25, 0.3) is 10.0 Å². The summed E-state index contributed by atoms with van der Waals surface area (Å²) in [5, 5.41) is 3.90. The van der Waals surface area contributed by atoms with Gasteiger partial charge in [0.1, 0.15) is 4.90 Å². The SMILES string of the molecule is CC(C)n1cc(S(=O)(=O)Nc2cccc(C(F)(F)F)c2)cn1. The molecule has 0 saturated carbocycles. The van der Waals surface area contributed by atoms with Crippen LogP contribution in [-0.2, 0) is 16.2 Å². The topological polar surface area (TPSA) is 64.0 Å². The molecule has 2 aromatic rings. The molecule has 1 heterocycles. The lowest BCUT2D eigenvalue weighted by atomic mass is 10.2. The summed E-state index contributed by atoms with van der Waals surface area (Å²) < 4.78 is 65.7. The van der Waals surface area contributed by atoms with Crippen LogP contribution < -0.4 is 4.72 Å². The van der Waals surface area contributed by atoms with Crippen LogP contribution in [0.3, 0.4) is 0 Å². The Morgan fingerprint density at radius 2 is 1.95 bits per heavy atom. The third kappa shape index (κ3) is 3.59. The Morgan fingerprint density at radius 1 is 1.27 bits per heavy atom. The summed E-state index contributed by atoms with van der Waals surface area (Å²) in [6.45, 7) is 3.65. The number of anilines is 1. The maximum atomic E-state index is 12.6. The summed E-state index contributed by atoms with van der Waals surface area (Å²) in [5.41, 5.74) is -1.09. The Hall–Kier alpha value is -2.03. The minimum absolute atomic E-state index is 0.0301. The van der Waals surface area contributed by atoms with E-state index in [9.17, 15) is 21.6 Å². The first-order chi connectivity index (χ1) is 10.1. The Bertz CT molecular complexity index is 767. The molecule has 120 valence electrons. The van der Waals surface area contributed by atoms with E-state index in [-0.39, 0.29) is 16.6 Å². The van der Waals surface area contributed by atoms with E-state index in [0.29, 0.717) is 0 Å². The summed E-state index contributed by atoms with van der Waals surface area (Å²) >= 11 is 0. The first-order valence-electron chi connectivity index (χ1n) is 6.34. The van der Waals surface area contributed by atoms with E-state index in [4.69, 9.17) is 0 Å². The normalized spacial score (nSPS) is 12.6. The molecule has 0 unspecified atom stereocenters. The second-order valence-corrected chi connectivity index (χ2v) is 6.62. The fraction of sp³-hybridized carbons (Fsp3) is 0.308. The third-order valence-corrected chi connectivity index (χ3v) is 4.20. The van der Waals surface area contributed by atoms with Gasteiger partial charge in [-0.05, 0) is 32.0 Å². The van der Waals surface area contributed by atoms with Crippen molar-refractivity contribution < 1.29 is 21.6 Å². The molecular weight excluding hydrogens is 319 g/mol. The number of nitrogens with zero attached hydrogens (tertiary/aromatic N) is 2. The van der Waals surface area contributed by atoms with E-state index in [1.807, 2.05) is 13.8 Å². The first-order valence-corrected chi connectivity index (χ1v) is 7.82. The zero-order chi connectivity index (χ0) is 16.5. The lowest BCUT2D eigenvalue weighted by Crippen LogP contribution is -2.13. The van der Waals surface area contributed by atoms with Crippen LogP contribution in [0.4, 0.5) is 18.9 Å². The van der Waals surface area contributed by atoms with E-state index >= 15 is 0 Å². The van der Waals surface area contributed by atoms with E-state index in [0.717, 1.165) is 24.4 Å². The molecule has 0 aliphatic heterocycles. The lowest BCUT2D eigenvalue weighted by molar-refractivity contribution is -0.137. The van der Waals surface area contributed by atoms with Gasteiger partial charge in [0.2, 0.25) is 0 Å². The lowest BCUT2D eigenvalue weighted by Gasteiger charge is -2.10. The molecule has 22 heavy (non-hydrogen) atoms. The molecule has 1 N–H and O–H groups in total. The number of rotatable bonds is 4. The van der Waals surface area contributed by atoms with Gasteiger partial charge in [-0.1, -0.05) is 6.07 Å². The van der Waals surface area contributed by atoms with Crippen molar-refractivity contribution in [3.63, 3.8) is 0 Å². The number of sulfonamides is 1. The van der Waals surface area contributed by atoms with Gasteiger partial charge in [-0.3, -0.25) is 9.40 Å². The van der Waals surface area contributed by atoms with Gasteiger partial charge in [-0.15, -0.1) is 0 Å². The van der Waals surface area contributed by atoms with Gasteiger partial charge in [0, 0.05) is 17.9 Å². The second-order valence-electron chi connectivity index (χ2n) is 4.93. The smallest absolute Gasteiger partial charge is 0.280 e. The summed E-state index contributed by atoms with van der Waals surface area (Å²) in [7, 11) is -3.99. The van der Waals surface area contributed by atoms with Crippen molar-refractivity contribution in [3.8, 4) is 0 Å². The molecule has 5 nitrogen and oxygen atoms in total. The largest absolute Gasteiger partial charge is 0.416 e. The van der Waals surface area contributed by atoms with Crippen LogP contribution in [0, 0.1) is 0 Å². The Kier molecular flexibility index (Phi) is 4.19. The fourth-order valence-corrected chi connectivity index (χ4v) is 2.70. The van der Waals surface area contributed by atoms with Crippen LogP contribution in [0.1, 0.15) is 25.5 Å². The highest BCUT2D eigenvalue weighted by atomic mass is 32.2. The maximum Gasteiger partial charge on any atom is 0.416 e. The van der Waals surface area contributed by atoms with Crippen molar-refractivity contribution in [3.05, 3.63) is 42.2 Å². The van der Waals surface area contributed by atoms with E-state index < -0.39 is 21.8 Å². The average molecular weight is 333 g/mol. The Morgan fingerprint density at radius 3 is 2.50 bits per heavy atom. The Labute approximate surface area is 125 Å². The minimum atomic E-state index is -4.54. The molecule has 0 fully saturated rings. The van der Waals surface area contributed by atoms with Crippen molar-refractivity contribution in [2.24, 2.45) is 0 Å². The zero-order valence-corrected chi connectivity index (χ0v) is 12.6. The van der Waals surface area contributed by atoms with Gasteiger partial charge in [-0.25, -0.2) is 8.42 Å². The summed E-state index contributed by atoms with van der Waals surface area (Å²) in [6, 6.07) is 3.97. The van der Waals surface area contributed by atoms with Gasteiger partial charge < -0.3 is 0 Å². The highest BCUT2D eigenvalue weighted by Gasteiger charge is 2.30. The van der Waals surface area contributed by atoms with E-state index in [1.54, 1.807) is 0 Å². The van der Waals surface area contributed by atoms with Crippen LogP contribution in [-0.4, -0.2) is 18.2 Å². The van der Waals surface area contributed by atoms with Crippen molar-refractivity contribution >= 4 is 15.7 Å². The van der Waals surface area contributed by atoms with Crippen molar-refractivity contribution in [2.45, 2.75) is 31.0 Å². The molecule has 0 saturated heterocycles. The highest BCUT2D eigenvalue weighted by Crippen LogP contribution is 2.31. The number of alkyl halides is 3. The molecule has 0 amide bonds. The van der Waals surface area contributed by atoms with Crippen LogP contribution >= 0.6 is 0 Å². The maximum absolute atomic E-state index is 12.6. The third-order valence-electron chi connectivity index (χ3n) is 2.86. The van der Waals surface area contributed by atoms with Crippen molar-refractivity contribution in [1.29, 1.82) is 0 Å². The van der Waals surface area contributed by atoms with Crippen LogP contribution in [0.5, 0.6) is 0 Å². The molecule has 0 radical (unpaired) electrons. The number of hydrogen-bond acceptors (Lipinski definition) is 3. The minimum Gasteiger partial charge on any atom is -0.280 e. The number of hydrogen-bond donors (Lipinski definition) is 1. The molecule has 0 bridgehead atoms. The molecule has 1 aromatic heterocycles. The molecule has 0 aliphatic rings. The monoisotopic (exact) mass is 333 g/mol. The summed E-state index contributed by atoms with van der Waals surface area (Å²) in [4.78, 5) is -0.112. The highest BCUT2D eigenvalue weighted by molar-refractivity contribution is 7.92. The van der Waals surface area contributed by atoms with Gasteiger partial charge >= 0.3 is 6.18 Å². The quantitative estimate of drug-likeness (QED) is 0.934. The number of halogens is 3. The van der Waals surface area contributed by atoms with Crippen LogP contribution in [0.2, 0.25) is 0 Å². The van der Waals surface area contributed by atoms with Gasteiger partial charge in [0.15, 0.2) is 0 Å². The summed E-state index contributed by atoms with van der Waals surface area (Å²) in [6.07, 6.45) is -2.07. The molecule has 0 aliphatic carbocycles.